The van der Waals surface area contributed by atoms with Crippen molar-refractivity contribution in [1.82, 2.24) is 24.6 Å². The molecule has 0 radical (unpaired) electrons. The predicted molar refractivity (Wildman–Crippen MR) is 122 cm³/mol. The van der Waals surface area contributed by atoms with E-state index in [0.717, 1.165) is 11.3 Å². The number of carbonyl (C=O) groups excluding carboxylic acids is 4. The molecule has 3 heterocycles. The molecular formula is C21H28N6O5S. The number of urea groups is 1. The van der Waals surface area contributed by atoms with Gasteiger partial charge in [0.05, 0.1) is 31.9 Å². The zero-order valence-corrected chi connectivity index (χ0v) is 19.7. The molecule has 1 aromatic heterocycles. The molecule has 1 aliphatic carbocycles. The van der Waals surface area contributed by atoms with Gasteiger partial charge in [-0.15, -0.1) is 11.3 Å². The molecule has 0 unspecified atom stereocenters. The normalized spacial score (nSPS) is 20.6. The van der Waals surface area contributed by atoms with E-state index in [1.54, 1.807) is 14.7 Å². The molecule has 12 heteroatoms. The van der Waals surface area contributed by atoms with Crippen LogP contribution in [0.4, 0.5) is 4.79 Å². The summed E-state index contributed by atoms with van der Waals surface area (Å²) in [7, 11) is 3.81. The molecule has 0 bridgehead atoms. The minimum atomic E-state index is -0.375. The van der Waals surface area contributed by atoms with E-state index in [2.05, 4.69) is 9.98 Å². The SMILES string of the molecule is CN(C)CCN=C1CC(=O)c2sc(C(=O)N3CCN(C(=O)N4CCOCC4)CC3)nc2C1=O. The van der Waals surface area contributed by atoms with Gasteiger partial charge in [0.15, 0.2) is 10.8 Å². The van der Waals surface area contributed by atoms with Gasteiger partial charge >= 0.3 is 6.03 Å². The second-order valence-corrected chi connectivity index (χ2v) is 9.42. The average molecular weight is 477 g/mol. The van der Waals surface area contributed by atoms with Crippen molar-refractivity contribution in [3.8, 4) is 0 Å². The molecule has 0 saturated carbocycles. The van der Waals surface area contributed by atoms with Gasteiger partial charge in [0.1, 0.15) is 10.6 Å². The Kier molecular flexibility index (Phi) is 7.15. The molecule has 2 aliphatic heterocycles. The highest BCUT2D eigenvalue weighted by molar-refractivity contribution is 7.16. The van der Waals surface area contributed by atoms with Gasteiger partial charge in [-0.05, 0) is 14.1 Å². The number of hydrogen-bond donors (Lipinski definition) is 0. The van der Waals surface area contributed by atoms with Crippen molar-refractivity contribution in [2.24, 2.45) is 4.99 Å². The highest BCUT2D eigenvalue weighted by atomic mass is 32.1. The third-order valence-corrected chi connectivity index (χ3v) is 6.92. The number of hydrogen-bond acceptors (Lipinski definition) is 9. The first-order valence-electron chi connectivity index (χ1n) is 11.0. The van der Waals surface area contributed by atoms with E-state index in [9.17, 15) is 19.2 Å². The summed E-state index contributed by atoms with van der Waals surface area (Å²) in [5.74, 6) is -0.926. The maximum Gasteiger partial charge on any atom is 0.320 e. The van der Waals surface area contributed by atoms with Crippen LogP contribution < -0.4 is 0 Å². The zero-order valence-electron chi connectivity index (χ0n) is 18.9. The largest absolute Gasteiger partial charge is 0.378 e. The Labute approximate surface area is 196 Å². The predicted octanol–water partition coefficient (Wildman–Crippen LogP) is 0.125. The van der Waals surface area contributed by atoms with Crippen LogP contribution >= 0.6 is 11.3 Å². The van der Waals surface area contributed by atoms with Crippen LogP contribution in [0.2, 0.25) is 0 Å². The first kappa shape index (κ1) is 23.5. The number of Topliss-reactive ketones (excluding diaryl/α,β-unsaturated/α-hetero) is 2. The standard InChI is InChI=1S/C21H28N6O5S/c1-24(2)4-3-22-14-13-15(28)18-16(17(14)29)23-19(33-18)20(30)25-5-7-26(8-6-25)21(31)27-9-11-32-12-10-27/h3-13H2,1-2H3. The van der Waals surface area contributed by atoms with E-state index in [0.29, 0.717) is 65.6 Å². The fourth-order valence-electron chi connectivity index (χ4n) is 3.91. The highest BCUT2D eigenvalue weighted by Crippen LogP contribution is 2.27. The summed E-state index contributed by atoms with van der Waals surface area (Å²) < 4.78 is 5.29. The van der Waals surface area contributed by atoms with Crippen LogP contribution in [0, 0.1) is 0 Å². The number of piperazine rings is 1. The maximum absolute atomic E-state index is 13.0. The smallest absolute Gasteiger partial charge is 0.320 e. The summed E-state index contributed by atoms with van der Waals surface area (Å²) in [6.07, 6.45) is -0.0581. The van der Waals surface area contributed by atoms with E-state index in [1.807, 2.05) is 19.0 Å². The van der Waals surface area contributed by atoms with Crippen molar-refractivity contribution in [2.45, 2.75) is 6.42 Å². The number of likely N-dealkylation sites (N-methyl/N-ethyl adjacent to an activating group) is 1. The Morgan fingerprint density at radius 1 is 1.03 bits per heavy atom. The number of aliphatic imine (C=N–C) groups is 1. The van der Waals surface area contributed by atoms with Crippen molar-refractivity contribution < 1.29 is 23.9 Å². The molecule has 2 saturated heterocycles. The van der Waals surface area contributed by atoms with Crippen molar-refractivity contribution in [2.75, 3.05) is 79.7 Å². The molecule has 0 aromatic carbocycles. The van der Waals surface area contributed by atoms with E-state index < -0.39 is 0 Å². The van der Waals surface area contributed by atoms with Gasteiger partial charge in [0, 0.05) is 45.8 Å². The van der Waals surface area contributed by atoms with Gasteiger partial charge in [0.25, 0.3) is 5.91 Å². The molecule has 0 N–H and O–H groups in total. The topological polar surface area (TPSA) is 116 Å². The zero-order chi connectivity index (χ0) is 23.5. The summed E-state index contributed by atoms with van der Waals surface area (Å²) in [6, 6.07) is -0.0348. The van der Waals surface area contributed by atoms with Crippen molar-refractivity contribution in [3.05, 3.63) is 15.6 Å². The summed E-state index contributed by atoms with van der Waals surface area (Å²) in [6.45, 7) is 4.91. The van der Waals surface area contributed by atoms with E-state index in [4.69, 9.17) is 4.74 Å². The highest BCUT2D eigenvalue weighted by Gasteiger charge is 2.36. The third-order valence-electron chi connectivity index (χ3n) is 5.84. The van der Waals surface area contributed by atoms with Crippen LogP contribution in [-0.4, -0.2) is 133 Å². The van der Waals surface area contributed by atoms with Gasteiger partial charge in [-0.1, -0.05) is 0 Å². The average Bonchev–Trinajstić information content (AvgIpc) is 3.28. The van der Waals surface area contributed by atoms with E-state index in [-0.39, 0.29) is 51.2 Å². The van der Waals surface area contributed by atoms with Crippen molar-refractivity contribution >= 4 is 40.6 Å². The minimum absolute atomic E-state index is 0.0318. The van der Waals surface area contributed by atoms with Gasteiger partial charge in [-0.3, -0.25) is 19.4 Å². The molecule has 1 aromatic rings. The second kappa shape index (κ2) is 10.1. The molecular weight excluding hydrogens is 448 g/mol. The first-order chi connectivity index (χ1) is 15.8. The molecule has 11 nitrogen and oxygen atoms in total. The second-order valence-electron chi connectivity index (χ2n) is 8.42. The van der Waals surface area contributed by atoms with Crippen molar-refractivity contribution in [3.63, 3.8) is 0 Å². The molecule has 0 atom stereocenters. The summed E-state index contributed by atoms with van der Waals surface area (Å²) in [5, 5.41) is 0.129. The molecule has 4 rings (SSSR count). The molecule has 2 fully saturated rings. The molecule has 3 aliphatic rings. The Hall–Kier alpha value is -2.70. The quantitative estimate of drug-likeness (QED) is 0.606. The number of ether oxygens (including phenoxy) is 1. The van der Waals surface area contributed by atoms with Crippen LogP contribution in [-0.2, 0) is 4.74 Å². The lowest BCUT2D eigenvalue weighted by Crippen LogP contribution is -2.55. The van der Waals surface area contributed by atoms with E-state index >= 15 is 0 Å². The van der Waals surface area contributed by atoms with Crippen LogP contribution in [0.1, 0.15) is 36.4 Å². The van der Waals surface area contributed by atoms with Crippen LogP contribution in [0.15, 0.2) is 4.99 Å². The number of nitrogens with zero attached hydrogens (tertiary/aromatic N) is 6. The summed E-state index contributed by atoms with van der Waals surface area (Å²) in [4.78, 5) is 66.8. The van der Waals surface area contributed by atoms with Gasteiger partial charge in [0.2, 0.25) is 5.78 Å². The Balaban J connectivity index is 1.39. The lowest BCUT2D eigenvalue weighted by atomic mass is 9.98. The van der Waals surface area contributed by atoms with Crippen LogP contribution in [0.3, 0.4) is 0 Å². The first-order valence-corrected chi connectivity index (χ1v) is 11.8. The number of fused-ring (bicyclic) bond motifs is 1. The number of amides is 3. The van der Waals surface area contributed by atoms with Gasteiger partial charge in [-0.25, -0.2) is 9.78 Å². The van der Waals surface area contributed by atoms with Crippen molar-refractivity contribution in [1.29, 1.82) is 0 Å². The minimum Gasteiger partial charge on any atom is -0.378 e. The van der Waals surface area contributed by atoms with E-state index in [1.165, 1.54) is 0 Å². The number of ketones is 2. The Bertz CT molecular complexity index is 976. The Morgan fingerprint density at radius 2 is 1.67 bits per heavy atom. The number of carbonyl (C=O) groups is 4. The number of thiazole rings is 1. The number of morpholine rings is 1. The molecule has 33 heavy (non-hydrogen) atoms. The third kappa shape index (κ3) is 5.12. The van der Waals surface area contributed by atoms with Gasteiger partial charge < -0.3 is 24.3 Å². The Morgan fingerprint density at radius 3 is 2.33 bits per heavy atom. The van der Waals surface area contributed by atoms with Crippen LogP contribution in [0.5, 0.6) is 0 Å². The van der Waals surface area contributed by atoms with Crippen LogP contribution in [0.25, 0.3) is 0 Å². The molecule has 3 amide bonds. The number of aromatic nitrogens is 1. The summed E-state index contributed by atoms with van der Waals surface area (Å²) in [5.41, 5.74) is 0.234. The maximum atomic E-state index is 13.0. The lowest BCUT2D eigenvalue weighted by molar-refractivity contribution is 0.0362. The fraction of sp³-hybridized carbons (Fsp3) is 0.619. The fourth-order valence-corrected chi connectivity index (χ4v) is 4.87. The molecule has 0 spiro atoms. The molecule has 178 valence electrons. The van der Waals surface area contributed by atoms with Gasteiger partial charge in [-0.2, -0.15) is 0 Å². The summed E-state index contributed by atoms with van der Waals surface area (Å²) >= 11 is 0.971. The lowest BCUT2D eigenvalue weighted by Gasteiger charge is -2.38. The monoisotopic (exact) mass is 476 g/mol. The number of rotatable bonds is 4.